The number of aliphatic carboxylic acids is 1. The maximum absolute atomic E-state index is 14.0. The van der Waals surface area contributed by atoms with Gasteiger partial charge in [0.05, 0.1) is 0 Å². The van der Waals surface area contributed by atoms with E-state index in [9.17, 15) is 22.4 Å². The molecule has 3 aromatic rings. The summed E-state index contributed by atoms with van der Waals surface area (Å²) in [4.78, 5) is 11.0. The van der Waals surface area contributed by atoms with Crippen LogP contribution in [0, 0.1) is 13.8 Å². The lowest BCUT2D eigenvalue weighted by Crippen LogP contribution is -2.04. The van der Waals surface area contributed by atoms with Gasteiger partial charge in [0.1, 0.15) is 5.75 Å². The first-order chi connectivity index (χ1) is 15.2. The van der Waals surface area contributed by atoms with Crippen LogP contribution in [0.25, 0.3) is 22.3 Å². The molecular weight excluding hydrogens is 424 g/mol. The summed E-state index contributed by atoms with van der Waals surface area (Å²) in [5, 5.41) is 9.02. The fraction of sp³-hybridized carbons (Fsp3) is 0.240. The van der Waals surface area contributed by atoms with Crippen molar-refractivity contribution in [2.24, 2.45) is 0 Å². The Labute approximate surface area is 183 Å². The summed E-state index contributed by atoms with van der Waals surface area (Å²) in [6.45, 7) is 0.819. The third kappa shape index (κ3) is 5.46. The first-order valence-electron chi connectivity index (χ1n) is 9.95. The Kier molecular flexibility index (Phi) is 7.18. The van der Waals surface area contributed by atoms with Crippen LogP contribution < -0.4 is 4.74 Å². The predicted octanol–water partition coefficient (Wildman–Crippen LogP) is 7.19. The second-order valence-corrected chi connectivity index (χ2v) is 7.49. The van der Waals surface area contributed by atoms with Gasteiger partial charge in [0, 0.05) is 12.0 Å². The summed E-state index contributed by atoms with van der Waals surface area (Å²) in [5.74, 6) is -1.18. The van der Waals surface area contributed by atoms with Crippen LogP contribution in [0.4, 0.5) is 17.6 Å². The third-order valence-electron chi connectivity index (χ3n) is 5.33. The van der Waals surface area contributed by atoms with Crippen LogP contribution in [-0.4, -0.2) is 17.7 Å². The van der Waals surface area contributed by atoms with Gasteiger partial charge in [-0.3, -0.25) is 4.79 Å². The summed E-state index contributed by atoms with van der Waals surface area (Å²) in [7, 11) is 0. The minimum Gasteiger partial charge on any atom is -0.481 e. The SMILES string of the molecule is Cc1ccc(-c2ccc(-c3ccc(OC(F)F)cc3CCC(=O)O)cc2C(F)F)cc1C. The van der Waals surface area contributed by atoms with E-state index in [1.807, 2.05) is 26.0 Å². The molecule has 3 nitrogen and oxygen atoms in total. The van der Waals surface area contributed by atoms with Crippen molar-refractivity contribution in [3.05, 3.63) is 76.9 Å². The Morgan fingerprint density at radius 3 is 2.16 bits per heavy atom. The molecule has 0 amide bonds. The molecule has 0 heterocycles. The molecule has 0 saturated carbocycles. The first kappa shape index (κ1) is 23.3. The lowest BCUT2D eigenvalue weighted by molar-refractivity contribution is -0.136. The van der Waals surface area contributed by atoms with Crippen LogP contribution in [0.1, 0.15) is 35.1 Å². The molecular formula is C25H22F4O3. The number of hydrogen-bond acceptors (Lipinski definition) is 2. The van der Waals surface area contributed by atoms with E-state index < -0.39 is 19.0 Å². The van der Waals surface area contributed by atoms with E-state index >= 15 is 0 Å². The number of hydrogen-bond donors (Lipinski definition) is 1. The molecule has 0 aliphatic heterocycles. The van der Waals surface area contributed by atoms with Crippen LogP contribution in [0.15, 0.2) is 54.6 Å². The highest BCUT2D eigenvalue weighted by molar-refractivity contribution is 5.77. The van der Waals surface area contributed by atoms with E-state index in [1.165, 1.54) is 24.3 Å². The van der Waals surface area contributed by atoms with E-state index in [0.29, 0.717) is 27.8 Å². The second kappa shape index (κ2) is 9.85. The van der Waals surface area contributed by atoms with Crippen molar-refractivity contribution in [2.75, 3.05) is 0 Å². The largest absolute Gasteiger partial charge is 0.481 e. The van der Waals surface area contributed by atoms with Gasteiger partial charge in [-0.05, 0) is 77.4 Å². The number of rotatable bonds is 8. The molecule has 0 fully saturated rings. The van der Waals surface area contributed by atoms with E-state index in [1.54, 1.807) is 18.2 Å². The molecule has 0 atom stereocenters. The van der Waals surface area contributed by atoms with Crippen LogP contribution in [0.5, 0.6) is 5.75 Å². The van der Waals surface area contributed by atoms with Crippen molar-refractivity contribution in [3.8, 4) is 28.0 Å². The number of ether oxygens (including phenoxy) is 1. The number of alkyl halides is 4. The monoisotopic (exact) mass is 446 g/mol. The van der Waals surface area contributed by atoms with Gasteiger partial charge in [-0.1, -0.05) is 36.4 Å². The smallest absolute Gasteiger partial charge is 0.387 e. The number of carboxylic acid groups (broad SMARTS) is 1. The number of carboxylic acids is 1. The lowest BCUT2D eigenvalue weighted by Gasteiger charge is -2.16. The minimum absolute atomic E-state index is 0.0357. The van der Waals surface area contributed by atoms with Gasteiger partial charge < -0.3 is 9.84 Å². The normalized spacial score (nSPS) is 11.2. The predicted molar refractivity (Wildman–Crippen MR) is 114 cm³/mol. The molecule has 0 aliphatic rings. The fourth-order valence-electron chi connectivity index (χ4n) is 3.56. The van der Waals surface area contributed by atoms with Crippen molar-refractivity contribution >= 4 is 5.97 Å². The van der Waals surface area contributed by atoms with E-state index in [4.69, 9.17) is 5.11 Å². The highest BCUT2D eigenvalue weighted by atomic mass is 19.3. The van der Waals surface area contributed by atoms with Gasteiger partial charge in [0.15, 0.2) is 0 Å². The Morgan fingerprint density at radius 2 is 1.53 bits per heavy atom. The summed E-state index contributed by atoms with van der Waals surface area (Å²) in [6.07, 6.45) is -2.95. The van der Waals surface area contributed by atoms with Crippen LogP contribution in [0.2, 0.25) is 0 Å². The van der Waals surface area contributed by atoms with Gasteiger partial charge in [-0.15, -0.1) is 0 Å². The van der Waals surface area contributed by atoms with Crippen molar-refractivity contribution in [1.82, 2.24) is 0 Å². The summed E-state index contributed by atoms with van der Waals surface area (Å²) < 4.78 is 57.5. The highest BCUT2D eigenvalue weighted by Crippen LogP contribution is 2.37. The fourth-order valence-corrected chi connectivity index (χ4v) is 3.56. The van der Waals surface area contributed by atoms with Gasteiger partial charge in [-0.25, -0.2) is 8.78 Å². The molecule has 0 unspecified atom stereocenters. The van der Waals surface area contributed by atoms with Crippen LogP contribution in [0.3, 0.4) is 0 Å². The van der Waals surface area contributed by atoms with E-state index in [0.717, 1.165) is 11.1 Å². The van der Waals surface area contributed by atoms with Crippen molar-refractivity contribution in [3.63, 3.8) is 0 Å². The molecule has 0 saturated heterocycles. The number of benzene rings is 3. The molecule has 0 radical (unpaired) electrons. The Morgan fingerprint density at radius 1 is 0.875 bits per heavy atom. The molecule has 0 aromatic heterocycles. The van der Waals surface area contributed by atoms with Crippen molar-refractivity contribution in [2.45, 2.75) is 39.7 Å². The Balaban J connectivity index is 2.09. The zero-order chi connectivity index (χ0) is 23.4. The van der Waals surface area contributed by atoms with Gasteiger partial charge in [0.25, 0.3) is 6.43 Å². The molecule has 3 aromatic carbocycles. The maximum Gasteiger partial charge on any atom is 0.387 e. The number of carbonyl (C=O) groups is 1. The Bertz CT molecular complexity index is 1130. The zero-order valence-electron chi connectivity index (χ0n) is 17.5. The molecule has 1 N–H and O–H groups in total. The molecule has 0 spiro atoms. The summed E-state index contributed by atoms with van der Waals surface area (Å²) in [6, 6.07) is 14.3. The molecule has 7 heteroatoms. The third-order valence-corrected chi connectivity index (χ3v) is 5.33. The maximum atomic E-state index is 14.0. The molecule has 32 heavy (non-hydrogen) atoms. The second-order valence-electron chi connectivity index (χ2n) is 7.49. The average Bonchev–Trinajstić information content (AvgIpc) is 2.73. The topological polar surface area (TPSA) is 46.5 Å². The molecule has 0 aliphatic carbocycles. The Hall–Kier alpha value is -3.35. The molecule has 168 valence electrons. The van der Waals surface area contributed by atoms with E-state index in [2.05, 4.69) is 4.74 Å². The number of halogens is 4. The first-order valence-corrected chi connectivity index (χ1v) is 9.95. The van der Waals surface area contributed by atoms with Gasteiger partial charge in [0.2, 0.25) is 0 Å². The average molecular weight is 446 g/mol. The highest BCUT2D eigenvalue weighted by Gasteiger charge is 2.18. The lowest BCUT2D eigenvalue weighted by atomic mass is 9.91. The summed E-state index contributed by atoms with van der Waals surface area (Å²) in [5.41, 5.74) is 4.29. The van der Waals surface area contributed by atoms with Gasteiger partial charge in [-0.2, -0.15) is 8.78 Å². The van der Waals surface area contributed by atoms with Crippen LogP contribution >= 0.6 is 0 Å². The summed E-state index contributed by atoms with van der Waals surface area (Å²) >= 11 is 0. The van der Waals surface area contributed by atoms with E-state index in [-0.39, 0.29) is 24.2 Å². The quantitative estimate of drug-likeness (QED) is 0.373. The number of aryl methyl sites for hydroxylation is 3. The van der Waals surface area contributed by atoms with Crippen molar-refractivity contribution < 1.29 is 32.2 Å². The molecule has 3 rings (SSSR count). The zero-order valence-corrected chi connectivity index (χ0v) is 17.5. The molecule has 0 bridgehead atoms. The van der Waals surface area contributed by atoms with Crippen molar-refractivity contribution in [1.29, 1.82) is 0 Å². The van der Waals surface area contributed by atoms with Gasteiger partial charge >= 0.3 is 12.6 Å². The minimum atomic E-state index is -3.03. The van der Waals surface area contributed by atoms with Crippen LogP contribution in [-0.2, 0) is 11.2 Å². The standard InChI is InChI=1S/C25H22F4O3/c1-14-3-4-16(11-15(14)2)21-8-5-18(13-22(21)24(26)27)20-9-7-19(32-25(28)29)12-17(20)6-10-23(30)31/h3-5,7-9,11-13,24-25H,6,10H2,1-2H3,(H,30,31).